The van der Waals surface area contributed by atoms with E-state index in [-0.39, 0.29) is 30.4 Å². The number of anilines is 1. The van der Waals surface area contributed by atoms with Crippen LogP contribution in [-0.4, -0.2) is 77.3 Å². The summed E-state index contributed by atoms with van der Waals surface area (Å²) < 4.78 is 7.78. The molecule has 2 heterocycles. The molecule has 29 heavy (non-hydrogen) atoms. The van der Waals surface area contributed by atoms with E-state index in [4.69, 9.17) is 4.74 Å². The highest BCUT2D eigenvalue weighted by molar-refractivity contribution is 5.93. The second-order valence-electron chi connectivity index (χ2n) is 8.95. The Hall–Kier alpha value is -1.93. The number of hydrogen-bond acceptors (Lipinski definition) is 5. The first-order valence-electron chi connectivity index (χ1n) is 10.9. The number of likely N-dealkylation sites (N-methyl/N-ethyl adjacent to an activating group) is 1. The van der Waals surface area contributed by atoms with E-state index >= 15 is 0 Å². The summed E-state index contributed by atoms with van der Waals surface area (Å²) in [7, 11) is 3.50. The number of nitrogens with one attached hydrogen (secondary N) is 1. The number of nitrogens with zero attached hydrogens (tertiary/aromatic N) is 4. The van der Waals surface area contributed by atoms with E-state index in [0.717, 1.165) is 31.5 Å². The predicted molar refractivity (Wildman–Crippen MR) is 109 cm³/mol. The fourth-order valence-electron chi connectivity index (χ4n) is 4.56. The molecule has 1 saturated heterocycles. The maximum absolute atomic E-state index is 12.0. The Morgan fingerprint density at radius 3 is 2.66 bits per heavy atom. The van der Waals surface area contributed by atoms with Crippen LogP contribution >= 0.6 is 0 Å². The molecule has 0 spiro atoms. The first kappa shape index (κ1) is 20.3. The molecule has 1 aromatic rings. The molecule has 0 bridgehead atoms. The van der Waals surface area contributed by atoms with E-state index in [9.17, 15) is 9.59 Å². The normalized spacial score (nSPS) is 25.4. The van der Waals surface area contributed by atoms with Crippen LogP contribution in [0.1, 0.15) is 51.0 Å². The number of amides is 2. The third-order valence-electron chi connectivity index (χ3n) is 6.45. The quantitative estimate of drug-likeness (QED) is 0.717. The standard InChI is InChI=1S/C21H33N5O3/c1-24(2)20(27)14-29-13-19-9-18(12-25(19)17-5-3-4-6-17)26-11-16(10-22-26)23-21(28)15-7-8-15/h10-11,15,17-19H,3-9,12-14H2,1-2H3,(H,23,28)/t18-,19-/m0/s1. The van der Waals surface area contributed by atoms with E-state index in [1.807, 2.05) is 10.9 Å². The van der Waals surface area contributed by atoms with Crippen molar-refractivity contribution >= 4 is 17.5 Å². The number of carbonyl (C=O) groups excluding carboxylic acids is 2. The van der Waals surface area contributed by atoms with Gasteiger partial charge in [0.25, 0.3) is 0 Å². The Balaban J connectivity index is 1.37. The number of rotatable bonds is 8. The van der Waals surface area contributed by atoms with Gasteiger partial charge in [0, 0.05) is 44.8 Å². The van der Waals surface area contributed by atoms with Crippen molar-refractivity contribution < 1.29 is 14.3 Å². The molecule has 0 aromatic carbocycles. The predicted octanol–water partition coefficient (Wildman–Crippen LogP) is 1.89. The van der Waals surface area contributed by atoms with Crippen molar-refractivity contribution in [1.82, 2.24) is 19.6 Å². The molecule has 2 amide bonds. The number of ether oxygens (including phenoxy) is 1. The first-order valence-corrected chi connectivity index (χ1v) is 10.9. The molecule has 8 nitrogen and oxygen atoms in total. The van der Waals surface area contributed by atoms with Gasteiger partial charge in [-0.2, -0.15) is 5.10 Å². The number of hydrogen-bond donors (Lipinski definition) is 1. The van der Waals surface area contributed by atoms with Crippen LogP contribution in [0.2, 0.25) is 0 Å². The highest BCUT2D eigenvalue weighted by atomic mass is 16.5. The van der Waals surface area contributed by atoms with Gasteiger partial charge in [-0.25, -0.2) is 0 Å². The molecular formula is C21H33N5O3. The zero-order valence-corrected chi connectivity index (χ0v) is 17.5. The lowest BCUT2D eigenvalue weighted by atomic mass is 10.1. The summed E-state index contributed by atoms with van der Waals surface area (Å²) in [6.07, 6.45) is 11.7. The molecule has 1 N–H and O–H groups in total. The monoisotopic (exact) mass is 403 g/mol. The average molecular weight is 404 g/mol. The second kappa shape index (κ2) is 8.83. The molecule has 0 unspecified atom stereocenters. The smallest absolute Gasteiger partial charge is 0.248 e. The summed E-state index contributed by atoms with van der Waals surface area (Å²) in [6.45, 7) is 1.64. The highest BCUT2D eigenvalue weighted by Gasteiger charge is 2.38. The van der Waals surface area contributed by atoms with Gasteiger partial charge < -0.3 is 15.0 Å². The van der Waals surface area contributed by atoms with Crippen LogP contribution in [0.25, 0.3) is 0 Å². The van der Waals surface area contributed by atoms with Crippen molar-refractivity contribution in [2.45, 2.75) is 63.1 Å². The Kier molecular flexibility index (Phi) is 6.20. The van der Waals surface area contributed by atoms with Crippen LogP contribution < -0.4 is 5.32 Å². The summed E-state index contributed by atoms with van der Waals surface area (Å²) in [6, 6.07) is 1.16. The topological polar surface area (TPSA) is 79.7 Å². The van der Waals surface area contributed by atoms with Gasteiger partial charge in [-0.05, 0) is 32.1 Å². The third kappa shape index (κ3) is 4.98. The molecule has 2 atom stereocenters. The van der Waals surface area contributed by atoms with E-state index in [1.165, 1.54) is 25.7 Å². The van der Waals surface area contributed by atoms with E-state index < -0.39 is 0 Å². The van der Waals surface area contributed by atoms with Gasteiger partial charge in [-0.1, -0.05) is 12.8 Å². The van der Waals surface area contributed by atoms with Crippen molar-refractivity contribution in [3.8, 4) is 0 Å². The SMILES string of the molecule is CN(C)C(=O)COC[C@@H]1C[C@H](n2cc(NC(=O)C3CC3)cn2)CN1C1CCCC1. The Bertz CT molecular complexity index is 724. The second-order valence-corrected chi connectivity index (χ2v) is 8.95. The van der Waals surface area contributed by atoms with Gasteiger partial charge in [-0.3, -0.25) is 19.2 Å². The lowest BCUT2D eigenvalue weighted by Crippen LogP contribution is -2.40. The molecule has 8 heteroatoms. The zero-order valence-electron chi connectivity index (χ0n) is 17.5. The van der Waals surface area contributed by atoms with Gasteiger partial charge in [0.05, 0.1) is 24.5 Å². The van der Waals surface area contributed by atoms with Crippen molar-refractivity contribution in [2.75, 3.05) is 39.2 Å². The van der Waals surface area contributed by atoms with Crippen molar-refractivity contribution in [3.05, 3.63) is 12.4 Å². The van der Waals surface area contributed by atoms with Crippen LogP contribution in [0.5, 0.6) is 0 Å². The van der Waals surface area contributed by atoms with Gasteiger partial charge >= 0.3 is 0 Å². The third-order valence-corrected chi connectivity index (χ3v) is 6.45. The molecule has 160 valence electrons. The van der Waals surface area contributed by atoms with Gasteiger partial charge in [0.15, 0.2) is 0 Å². The Labute approximate surface area is 172 Å². The number of carbonyl (C=O) groups is 2. The van der Waals surface area contributed by atoms with Gasteiger partial charge in [-0.15, -0.1) is 0 Å². The van der Waals surface area contributed by atoms with Crippen molar-refractivity contribution in [2.24, 2.45) is 5.92 Å². The van der Waals surface area contributed by atoms with Crippen molar-refractivity contribution in [3.63, 3.8) is 0 Å². The molecular weight excluding hydrogens is 370 g/mol. The average Bonchev–Trinajstić information content (AvgIpc) is 3.08. The minimum atomic E-state index is -0.00455. The van der Waals surface area contributed by atoms with Crippen LogP contribution in [0, 0.1) is 5.92 Å². The van der Waals surface area contributed by atoms with Crippen molar-refractivity contribution in [1.29, 1.82) is 0 Å². The first-order chi connectivity index (χ1) is 14.0. The maximum atomic E-state index is 12.0. The fourth-order valence-corrected chi connectivity index (χ4v) is 4.56. The molecule has 2 saturated carbocycles. The largest absolute Gasteiger partial charge is 0.370 e. The summed E-state index contributed by atoms with van der Waals surface area (Å²) >= 11 is 0. The van der Waals surface area contributed by atoms with E-state index in [2.05, 4.69) is 15.3 Å². The van der Waals surface area contributed by atoms with Crippen LogP contribution in [-0.2, 0) is 14.3 Å². The summed E-state index contributed by atoms with van der Waals surface area (Å²) in [5.74, 6) is 0.296. The maximum Gasteiger partial charge on any atom is 0.248 e. The van der Waals surface area contributed by atoms with Gasteiger partial charge in [0.1, 0.15) is 6.61 Å². The van der Waals surface area contributed by atoms with Crippen LogP contribution in [0.3, 0.4) is 0 Å². The Morgan fingerprint density at radius 1 is 1.21 bits per heavy atom. The molecule has 1 aromatic heterocycles. The Morgan fingerprint density at radius 2 is 1.97 bits per heavy atom. The molecule has 2 aliphatic carbocycles. The summed E-state index contributed by atoms with van der Waals surface area (Å²) in [5.41, 5.74) is 0.783. The molecule has 3 aliphatic rings. The van der Waals surface area contributed by atoms with Crippen LogP contribution in [0.15, 0.2) is 12.4 Å². The fraction of sp³-hybridized carbons (Fsp3) is 0.762. The molecule has 1 aliphatic heterocycles. The number of likely N-dealkylation sites (tertiary alicyclic amines) is 1. The molecule has 0 radical (unpaired) electrons. The minimum Gasteiger partial charge on any atom is -0.370 e. The molecule has 3 fully saturated rings. The lowest BCUT2D eigenvalue weighted by Gasteiger charge is -2.30. The van der Waals surface area contributed by atoms with E-state index in [1.54, 1.807) is 25.2 Å². The van der Waals surface area contributed by atoms with Gasteiger partial charge in [0.2, 0.25) is 11.8 Å². The highest BCUT2D eigenvalue weighted by Crippen LogP contribution is 2.35. The minimum absolute atomic E-state index is 0.00455. The molecule has 4 rings (SSSR count). The lowest BCUT2D eigenvalue weighted by molar-refractivity contribution is -0.134. The van der Waals surface area contributed by atoms with Crippen LogP contribution in [0.4, 0.5) is 5.69 Å². The number of aromatic nitrogens is 2. The van der Waals surface area contributed by atoms with E-state index in [0.29, 0.717) is 18.7 Å². The summed E-state index contributed by atoms with van der Waals surface area (Å²) in [4.78, 5) is 28.0. The zero-order chi connectivity index (χ0) is 20.4. The summed E-state index contributed by atoms with van der Waals surface area (Å²) in [5, 5.41) is 7.51.